The van der Waals surface area contributed by atoms with E-state index >= 15 is 0 Å². The van der Waals surface area contributed by atoms with Gasteiger partial charge in [-0.25, -0.2) is 0 Å². The SMILES string of the molecule is CC(C(=O)N1CCCC(CCN)C1)n1cccn1.Cl.Cl. The van der Waals surface area contributed by atoms with Gasteiger partial charge in [0.05, 0.1) is 0 Å². The van der Waals surface area contributed by atoms with Gasteiger partial charge in [0, 0.05) is 25.5 Å². The van der Waals surface area contributed by atoms with Crippen LogP contribution in [-0.2, 0) is 4.79 Å². The highest BCUT2D eigenvalue weighted by atomic mass is 35.5. The molecule has 0 aliphatic carbocycles. The lowest BCUT2D eigenvalue weighted by Crippen LogP contribution is -2.43. The van der Waals surface area contributed by atoms with Crippen molar-refractivity contribution in [1.82, 2.24) is 14.7 Å². The summed E-state index contributed by atoms with van der Waals surface area (Å²) in [7, 11) is 0. The molecule has 5 nitrogen and oxygen atoms in total. The van der Waals surface area contributed by atoms with E-state index in [-0.39, 0.29) is 36.8 Å². The molecular weight excluding hydrogens is 299 g/mol. The molecule has 2 atom stereocenters. The van der Waals surface area contributed by atoms with E-state index < -0.39 is 0 Å². The molecule has 1 aromatic heterocycles. The van der Waals surface area contributed by atoms with Gasteiger partial charge in [0.15, 0.2) is 0 Å². The van der Waals surface area contributed by atoms with Crippen molar-refractivity contribution in [1.29, 1.82) is 0 Å². The van der Waals surface area contributed by atoms with Gasteiger partial charge in [-0.3, -0.25) is 9.48 Å². The van der Waals surface area contributed by atoms with Crippen molar-refractivity contribution >= 4 is 30.7 Å². The van der Waals surface area contributed by atoms with E-state index in [2.05, 4.69) is 5.10 Å². The van der Waals surface area contributed by atoms with E-state index in [1.165, 1.54) is 6.42 Å². The molecular formula is C13H24Cl2N4O. The highest BCUT2D eigenvalue weighted by Crippen LogP contribution is 2.21. The first-order valence-electron chi connectivity index (χ1n) is 6.70. The maximum Gasteiger partial charge on any atom is 0.247 e. The minimum Gasteiger partial charge on any atom is -0.341 e. The van der Waals surface area contributed by atoms with Crippen molar-refractivity contribution < 1.29 is 4.79 Å². The molecule has 7 heteroatoms. The first kappa shape index (κ1) is 19.2. The van der Waals surface area contributed by atoms with Crippen LogP contribution < -0.4 is 5.73 Å². The fourth-order valence-electron chi connectivity index (χ4n) is 2.62. The molecule has 1 aliphatic rings. The molecule has 0 spiro atoms. The summed E-state index contributed by atoms with van der Waals surface area (Å²) in [6, 6.07) is 1.63. The summed E-state index contributed by atoms with van der Waals surface area (Å²) in [6.45, 7) is 4.33. The largest absolute Gasteiger partial charge is 0.341 e. The minimum absolute atomic E-state index is 0. The molecule has 1 fully saturated rings. The van der Waals surface area contributed by atoms with Gasteiger partial charge in [-0.2, -0.15) is 5.10 Å². The number of amides is 1. The second-order valence-electron chi connectivity index (χ2n) is 5.03. The van der Waals surface area contributed by atoms with Crippen LogP contribution in [0.3, 0.4) is 0 Å². The number of nitrogens with two attached hydrogens (primary N) is 1. The number of carbonyl (C=O) groups is 1. The molecule has 1 aliphatic heterocycles. The number of hydrogen-bond donors (Lipinski definition) is 1. The maximum absolute atomic E-state index is 12.4. The van der Waals surface area contributed by atoms with Gasteiger partial charge in [-0.15, -0.1) is 24.8 Å². The topological polar surface area (TPSA) is 64.2 Å². The first-order valence-corrected chi connectivity index (χ1v) is 6.70. The normalized spacial score (nSPS) is 19.7. The van der Waals surface area contributed by atoms with Crippen molar-refractivity contribution in [3.63, 3.8) is 0 Å². The van der Waals surface area contributed by atoms with Crippen LogP contribution in [0.4, 0.5) is 0 Å². The highest BCUT2D eigenvalue weighted by Gasteiger charge is 2.27. The third kappa shape index (κ3) is 4.65. The number of halogens is 2. The minimum atomic E-state index is -0.211. The predicted octanol–water partition coefficient (Wildman–Crippen LogP) is 1.88. The molecule has 1 aromatic rings. The summed E-state index contributed by atoms with van der Waals surface area (Å²) < 4.78 is 1.72. The number of nitrogens with zero attached hydrogens (tertiary/aromatic N) is 3. The Hall–Kier alpha value is -0.780. The fraction of sp³-hybridized carbons (Fsp3) is 0.692. The van der Waals surface area contributed by atoms with Crippen LogP contribution in [0.15, 0.2) is 18.5 Å². The Labute approximate surface area is 132 Å². The Morgan fingerprint density at radius 1 is 1.50 bits per heavy atom. The molecule has 2 rings (SSSR count). The third-order valence-corrected chi connectivity index (χ3v) is 3.68. The number of likely N-dealkylation sites (tertiary alicyclic amines) is 1. The van der Waals surface area contributed by atoms with Crippen LogP contribution in [0.2, 0.25) is 0 Å². The molecule has 1 amide bonds. The van der Waals surface area contributed by atoms with Gasteiger partial charge in [0.25, 0.3) is 0 Å². The van der Waals surface area contributed by atoms with Crippen molar-refractivity contribution in [2.24, 2.45) is 11.7 Å². The van der Waals surface area contributed by atoms with E-state index in [1.54, 1.807) is 10.9 Å². The van der Waals surface area contributed by atoms with Gasteiger partial charge in [0.2, 0.25) is 5.91 Å². The summed E-state index contributed by atoms with van der Waals surface area (Å²) in [6.07, 6.45) is 6.83. The number of carbonyl (C=O) groups excluding carboxylic acids is 1. The second-order valence-corrected chi connectivity index (χ2v) is 5.03. The molecule has 116 valence electrons. The summed E-state index contributed by atoms with van der Waals surface area (Å²) in [5.74, 6) is 0.734. The number of piperidine rings is 1. The summed E-state index contributed by atoms with van der Waals surface area (Å²) in [5, 5.41) is 4.14. The lowest BCUT2D eigenvalue weighted by Gasteiger charge is -2.34. The molecule has 2 heterocycles. The second kappa shape index (κ2) is 9.21. The summed E-state index contributed by atoms with van der Waals surface area (Å²) in [5.41, 5.74) is 5.60. The zero-order chi connectivity index (χ0) is 13.0. The number of hydrogen-bond acceptors (Lipinski definition) is 3. The van der Waals surface area contributed by atoms with E-state index in [4.69, 9.17) is 5.73 Å². The van der Waals surface area contributed by atoms with Gasteiger partial charge in [-0.05, 0) is 44.7 Å². The van der Waals surface area contributed by atoms with Gasteiger partial charge >= 0.3 is 0 Å². The van der Waals surface area contributed by atoms with Crippen LogP contribution in [-0.4, -0.2) is 40.2 Å². The van der Waals surface area contributed by atoms with Crippen molar-refractivity contribution in [2.75, 3.05) is 19.6 Å². The Kier molecular flexibility index (Phi) is 8.85. The van der Waals surface area contributed by atoms with Gasteiger partial charge < -0.3 is 10.6 Å². The number of aromatic nitrogens is 2. The lowest BCUT2D eigenvalue weighted by molar-refractivity contribution is -0.136. The Morgan fingerprint density at radius 3 is 2.85 bits per heavy atom. The molecule has 0 aromatic carbocycles. The summed E-state index contributed by atoms with van der Waals surface area (Å²) in [4.78, 5) is 14.3. The van der Waals surface area contributed by atoms with Crippen LogP contribution in [0, 0.1) is 5.92 Å². The standard InChI is InChI=1S/C13H22N4O.2ClH/c1-11(17-9-3-7-15-17)13(18)16-8-2-4-12(10-16)5-6-14;;/h3,7,9,11-12H,2,4-6,8,10,14H2,1H3;2*1H. The Bertz CT molecular complexity index is 384. The Morgan fingerprint density at radius 2 is 2.25 bits per heavy atom. The first-order chi connectivity index (χ1) is 8.72. The quantitative estimate of drug-likeness (QED) is 0.920. The van der Waals surface area contributed by atoms with E-state index in [0.29, 0.717) is 12.5 Å². The highest BCUT2D eigenvalue weighted by molar-refractivity contribution is 5.85. The zero-order valence-corrected chi connectivity index (χ0v) is 13.4. The molecule has 0 radical (unpaired) electrons. The van der Waals surface area contributed by atoms with Crippen molar-refractivity contribution in [3.8, 4) is 0 Å². The van der Waals surface area contributed by atoms with Crippen molar-refractivity contribution in [3.05, 3.63) is 18.5 Å². The van der Waals surface area contributed by atoms with Gasteiger partial charge in [0.1, 0.15) is 6.04 Å². The number of rotatable bonds is 4. The maximum atomic E-state index is 12.4. The zero-order valence-electron chi connectivity index (χ0n) is 11.8. The average molecular weight is 323 g/mol. The van der Waals surface area contributed by atoms with E-state index in [1.807, 2.05) is 24.1 Å². The van der Waals surface area contributed by atoms with Crippen LogP contribution in [0.5, 0.6) is 0 Å². The van der Waals surface area contributed by atoms with Crippen LogP contribution in [0.25, 0.3) is 0 Å². The monoisotopic (exact) mass is 322 g/mol. The molecule has 2 N–H and O–H groups in total. The molecule has 2 unspecified atom stereocenters. The third-order valence-electron chi connectivity index (χ3n) is 3.68. The molecule has 0 saturated carbocycles. The lowest BCUT2D eigenvalue weighted by atomic mass is 9.94. The smallest absolute Gasteiger partial charge is 0.247 e. The average Bonchev–Trinajstić information content (AvgIpc) is 2.91. The fourth-order valence-corrected chi connectivity index (χ4v) is 2.62. The van der Waals surface area contributed by atoms with E-state index in [0.717, 1.165) is 25.9 Å². The van der Waals surface area contributed by atoms with Gasteiger partial charge in [-0.1, -0.05) is 0 Å². The predicted molar refractivity (Wildman–Crippen MR) is 84.4 cm³/mol. The van der Waals surface area contributed by atoms with Crippen LogP contribution in [0.1, 0.15) is 32.2 Å². The molecule has 20 heavy (non-hydrogen) atoms. The molecule has 0 bridgehead atoms. The summed E-state index contributed by atoms with van der Waals surface area (Å²) >= 11 is 0. The van der Waals surface area contributed by atoms with E-state index in [9.17, 15) is 4.79 Å². The Balaban J connectivity index is 0.00000180. The van der Waals surface area contributed by atoms with Crippen molar-refractivity contribution in [2.45, 2.75) is 32.2 Å². The molecule has 1 saturated heterocycles. The van der Waals surface area contributed by atoms with Crippen LogP contribution >= 0.6 is 24.8 Å².